The molecule has 0 bridgehead atoms. The third-order valence-corrected chi connectivity index (χ3v) is 4.57. The van der Waals surface area contributed by atoms with E-state index >= 15 is 0 Å². The Morgan fingerprint density at radius 1 is 1.05 bits per heavy atom. The average Bonchev–Trinajstić information content (AvgIpc) is 2.52. The highest BCUT2D eigenvalue weighted by molar-refractivity contribution is 7.80. The molecule has 0 spiro atoms. The molecule has 1 aromatic carbocycles. The smallest absolute Gasteiger partial charge is 0.243 e. The topological polar surface area (TPSA) is 40.6 Å². The van der Waals surface area contributed by atoms with E-state index in [1.807, 2.05) is 18.2 Å². The highest BCUT2D eigenvalue weighted by Crippen LogP contribution is 2.28. The summed E-state index contributed by atoms with van der Waals surface area (Å²) in [6.45, 7) is 3.88. The Morgan fingerprint density at radius 3 is 2.32 bits per heavy atom. The molecule has 0 radical (unpaired) electrons. The van der Waals surface area contributed by atoms with Gasteiger partial charge in [0.25, 0.3) is 0 Å². The quantitative estimate of drug-likeness (QED) is 0.476. The zero-order chi connectivity index (χ0) is 16.3. The van der Waals surface area contributed by atoms with Crippen LogP contribution in [0.4, 0.5) is 0 Å². The van der Waals surface area contributed by atoms with Gasteiger partial charge in [0, 0.05) is 13.6 Å². The van der Waals surface area contributed by atoms with E-state index in [2.05, 4.69) is 12.1 Å². The van der Waals surface area contributed by atoms with Crippen LogP contribution in [0.15, 0.2) is 30.3 Å². The fourth-order valence-electron chi connectivity index (χ4n) is 2.64. The summed E-state index contributed by atoms with van der Waals surface area (Å²) in [6, 6.07) is 10.3. The minimum absolute atomic E-state index is 0.194. The first-order valence-corrected chi connectivity index (χ1v) is 7.94. The van der Waals surface area contributed by atoms with Gasteiger partial charge in [0.05, 0.1) is 0 Å². The minimum atomic E-state index is -1.03. The van der Waals surface area contributed by atoms with E-state index in [9.17, 15) is 9.59 Å². The van der Waals surface area contributed by atoms with Crippen molar-refractivity contribution in [3.05, 3.63) is 35.9 Å². The van der Waals surface area contributed by atoms with E-state index in [1.54, 1.807) is 25.8 Å². The van der Waals surface area contributed by atoms with Gasteiger partial charge in [-0.3, -0.25) is 19.4 Å². The second-order valence-electron chi connectivity index (χ2n) is 6.17. The number of amides is 2. The summed E-state index contributed by atoms with van der Waals surface area (Å²) in [5, 5.41) is 0.314. The van der Waals surface area contributed by atoms with Crippen LogP contribution in [0.25, 0.3) is 0 Å². The highest BCUT2D eigenvalue weighted by atomic mass is 32.1. The molecule has 5 heteroatoms. The SMILES string of the molecule is CN1C(=O)C(C)(C)C(=O)N(CCCCc2ccccc2)C1=S. The summed E-state index contributed by atoms with van der Waals surface area (Å²) in [5.74, 6) is -0.427. The fourth-order valence-corrected chi connectivity index (χ4v) is 2.90. The molecular formula is C17H22N2O2S. The average molecular weight is 318 g/mol. The third kappa shape index (κ3) is 3.19. The first kappa shape index (κ1) is 16.6. The number of hydrogen-bond acceptors (Lipinski definition) is 3. The molecule has 0 unspecified atom stereocenters. The maximum atomic E-state index is 12.5. The van der Waals surface area contributed by atoms with Crippen molar-refractivity contribution in [1.82, 2.24) is 9.80 Å². The number of hydrogen-bond donors (Lipinski definition) is 0. The van der Waals surface area contributed by atoms with Gasteiger partial charge in [-0.25, -0.2) is 0 Å². The molecule has 0 aliphatic carbocycles. The van der Waals surface area contributed by atoms with Crippen LogP contribution in [-0.2, 0) is 16.0 Å². The van der Waals surface area contributed by atoms with Crippen molar-refractivity contribution >= 4 is 29.1 Å². The van der Waals surface area contributed by atoms with Crippen molar-refractivity contribution in [1.29, 1.82) is 0 Å². The van der Waals surface area contributed by atoms with Crippen molar-refractivity contribution in [3.63, 3.8) is 0 Å². The summed E-state index contributed by atoms with van der Waals surface area (Å²) >= 11 is 5.26. The molecule has 2 amide bonds. The molecule has 1 fully saturated rings. The summed E-state index contributed by atoms with van der Waals surface area (Å²) in [7, 11) is 1.63. The molecule has 0 saturated carbocycles. The fraction of sp³-hybridized carbons (Fsp3) is 0.471. The summed E-state index contributed by atoms with van der Waals surface area (Å²) in [4.78, 5) is 27.6. The number of thiocarbonyl (C=S) groups is 1. The molecule has 1 heterocycles. The second kappa shape index (κ2) is 6.57. The maximum Gasteiger partial charge on any atom is 0.243 e. The molecule has 118 valence electrons. The van der Waals surface area contributed by atoms with Gasteiger partial charge in [0.1, 0.15) is 5.41 Å². The van der Waals surface area contributed by atoms with Gasteiger partial charge in [-0.2, -0.15) is 0 Å². The van der Waals surface area contributed by atoms with E-state index in [0.29, 0.717) is 11.7 Å². The molecule has 0 atom stereocenters. The lowest BCUT2D eigenvalue weighted by Crippen LogP contribution is -2.62. The summed E-state index contributed by atoms with van der Waals surface area (Å²) < 4.78 is 0. The van der Waals surface area contributed by atoms with Crippen molar-refractivity contribution in [2.75, 3.05) is 13.6 Å². The van der Waals surface area contributed by atoms with Crippen LogP contribution in [0.1, 0.15) is 32.3 Å². The third-order valence-electron chi connectivity index (χ3n) is 4.08. The minimum Gasteiger partial charge on any atom is -0.291 e. The molecule has 1 aromatic rings. The van der Waals surface area contributed by atoms with Crippen LogP contribution in [-0.4, -0.2) is 40.3 Å². The molecule has 1 saturated heterocycles. The number of benzene rings is 1. The van der Waals surface area contributed by atoms with Crippen LogP contribution in [0.3, 0.4) is 0 Å². The second-order valence-corrected chi connectivity index (χ2v) is 6.54. The summed E-state index contributed by atoms with van der Waals surface area (Å²) in [5.41, 5.74) is 0.263. The zero-order valence-electron chi connectivity index (χ0n) is 13.3. The van der Waals surface area contributed by atoms with Gasteiger partial charge in [-0.1, -0.05) is 30.3 Å². The van der Waals surface area contributed by atoms with E-state index in [0.717, 1.165) is 19.3 Å². The van der Waals surface area contributed by atoms with Crippen molar-refractivity contribution in [2.24, 2.45) is 5.41 Å². The van der Waals surface area contributed by atoms with Gasteiger partial charge >= 0.3 is 0 Å². The van der Waals surface area contributed by atoms with Crippen LogP contribution in [0, 0.1) is 5.41 Å². The monoisotopic (exact) mass is 318 g/mol. The zero-order valence-corrected chi connectivity index (χ0v) is 14.2. The first-order valence-electron chi connectivity index (χ1n) is 7.53. The van der Waals surface area contributed by atoms with Crippen LogP contribution < -0.4 is 0 Å². The van der Waals surface area contributed by atoms with Crippen LogP contribution >= 0.6 is 12.2 Å². The van der Waals surface area contributed by atoms with Gasteiger partial charge < -0.3 is 0 Å². The van der Waals surface area contributed by atoms with Crippen molar-refractivity contribution < 1.29 is 9.59 Å². The first-order chi connectivity index (χ1) is 10.4. The predicted molar refractivity (Wildman–Crippen MR) is 90.2 cm³/mol. The van der Waals surface area contributed by atoms with Gasteiger partial charge in [0.15, 0.2) is 5.11 Å². The number of unbranched alkanes of at least 4 members (excludes halogenated alkanes) is 1. The standard InChI is InChI=1S/C17H22N2O2S/c1-17(2)14(20)18(3)16(22)19(15(17)21)12-8-7-11-13-9-5-4-6-10-13/h4-6,9-10H,7-8,11-12H2,1-3H3. The Labute approximate surface area is 137 Å². The number of carbonyl (C=O) groups excluding carboxylic acids is 2. The van der Waals surface area contributed by atoms with Crippen LogP contribution in [0.5, 0.6) is 0 Å². The predicted octanol–water partition coefficient (Wildman–Crippen LogP) is 2.62. The van der Waals surface area contributed by atoms with E-state index in [4.69, 9.17) is 12.2 Å². The lowest BCUT2D eigenvalue weighted by Gasteiger charge is -2.41. The van der Waals surface area contributed by atoms with Gasteiger partial charge in [0.2, 0.25) is 11.8 Å². The van der Waals surface area contributed by atoms with E-state index in [-0.39, 0.29) is 11.8 Å². The van der Waals surface area contributed by atoms with Crippen molar-refractivity contribution in [2.45, 2.75) is 33.1 Å². The van der Waals surface area contributed by atoms with Gasteiger partial charge in [-0.05, 0) is 50.9 Å². The Hall–Kier alpha value is -1.75. The molecule has 1 aliphatic heterocycles. The summed E-state index contributed by atoms with van der Waals surface area (Å²) in [6.07, 6.45) is 2.82. The van der Waals surface area contributed by atoms with Gasteiger partial charge in [-0.15, -0.1) is 0 Å². The Balaban J connectivity index is 1.92. The number of carbonyl (C=O) groups is 2. The molecule has 0 N–H and O–H groups in total. The van der Waals surface area contributed by atoms with Crippen molar-refractivity contribution in [3.8, 4) is 0 Å². The highest BCUT2D eigenvalue weighted by Gasteiger charge is 2.48. The lowest BCUT2D eigenvalue weighted by atomic mass is 9.88. The Kier molecular flexibility index (Phi) is 4.96. The van der Waals surface area contributed by atoms with E-state index in [1.165, 1.54) is 10.5 Å². The molecular weight excluding hydrogens is 296 g/mol. The van der Waals surface area contributed by atoms with Crippen LogP contribution in [0.2, 0.25) is 0 Å². The number of rotatable bonds is 5. The number of nitrogens with zero attached hydrogens (tertiary/aromatic N) is 2. The molecule has 0 aromatic heterocycles. The van der Waals surface area contributed by atoms with E-state index < -0.39 is 5.41 Å². The normalized spacial score (nSPS) is 18.0. The Morgan fingerprint density at radius 2 is 1.68 bits per heavy atom. The molecule has 4 nitrogen and oxygen atoms in total. The Bertz CT molecular complexity index is 584. The maximum absolute atomic E-state index is 12.5. The number of aryl methyl sites for hydroxylation is 1. The lowest BCUT2D eigenvalue weighted by molar-refractivity contribution is -0.153. The molecule has 22 heavy (non-hydrogen) atoms. The molecule has 1 aliphatic rings. The molecule has 2 rings (SSSR count). The largest absolute Gasteiger partial charge is 0.291 e.